The summed E-state index contributed by atoms with van der Waals surface area (Å²) in [6.45, 7) is 16.5. The second kappa shape index (κ2) is 11.6. The van der Waals surface area contributed by atoms with E-state index in [1.165, 1.54) is 13.2 Å². The zero-order valence-electron chi connectivity index (χ0n) is 27.1. The van der Waals surface area contributed by atoms with Gasteiger partial charge in [-0.1, -0.05) is 81.4 Å². The highest BCUT2D eigenvalue weighted by atomic mass is 28.4. The summed E-state index contributed by atoms with van der Waals surface area (Å²) in [5.41, 5.74) is -0.543. The Morgan fingerprint density at radius 3 is 1.98 bits per heavy atom. The Hall–Kier alpha value is -3.31. The van der Waals surface area contributed by atoms with Crippen molar-refractivity contribution < 1.29 is 27.7 Å². The van der Waals surface area contributed by atoms with E-state index < -0.39 is 38.4 Å². The highest BCUT2D eigenvalue weighted by molar-refractivity contribution is 6.99. The molecule has 3 aromatic carbocycles. The lowest BCUT2D eigenvalue weighted by atomic mass is 9.78. The van der Waals surface area contributed by atoms with Gasteiger partial charge in [-0.05, 0) is 56.1 Å². The molecule has 232 valence electrons. The summed E-state index contributed by atoms with van der Waals surface area (Å²) in [5, 5.41) is 7.24. The first kappa shape index (κ1) is 32.1. The Morgan fingerprint density at radius 2 is 1.50 bits per heavy atom. The molecule has 2 heterocycles. The average molecular weight is 617 g/mol. The molecule has 10 heteroatoms. The highest BCUT2D eigenvalue weighted by Gasteiger charge is 2.53. The molecule has 1 saturated heterocycles. The summed E-state index contributed by atoms with van der Waals surface area (Å²) in [4.78, 5) is 13.3. The minimum Gasteiger partial charge on any atom is -0.464 e. The molecule has 0 N–H and O–H groups in total. The summed E-state index contributed by atoms with van der Waals surface area (Å²) in [6, 6.07) is 23.3. The fourth-order valence-electron chi connectivity index (χ4n) is 5.99. The molecule has 1 fully saturated rings. The SMILES string of the molecule is COC(=O)c1c2cc(B3OC(C)(C)C(C)(C)O3)c(F)cc2nn1[C@@H](C)CO[Si](c1ccccc1)(c1ccccc1)C(C)(C)C. The Labute approximate surface area is 260 Å². The molecular formula is C34H42BFN2O5Si. The van der Waals surface area contributed by atoms with E-state index >= 15 is 4.39 Å². The van der Waals surface area contributed by atoms with Crippen molar-refractivity contribution in [3.63, 3.8) is 0 Å². The van der Waals surface area contributed by atoms with E-state index in [-0.39, 0.29) is 28.8 Å². The smallest absolute Gasteiger partial charge is 0.464 e. The lowest BCUT2D eigenvalue weighted by molar-refractivity contribution is 0.00578. The molecule has 1 aliphatic rings. The maximum absolute atomic E-state index is 15.6. The normalized spacial score (nSPS) is 17.2. The Kier molecular flexibility index (Phi) is 8.43. The summed E-state index contributed by atoms with van der Waals surface area (Å²) < 4.78 is 41.8. The fourth-order valence-corrected chi connectivity index (χ4v) is 10.6. The number of aromatic nitrogens is 2. The van der Waals surface area contributed by atoms with Crippen LogP contribution in [0.4, 0.5) is 4.39 Å². The molecule has 0 bridgehead atoms. The summed E-state index contributed by atoms with van der Waals surface area (Å²) in [5.74, 6) is -1.09. The number of hydrogen-bond donors (Lipinski definition) is 0. The standard InChI is InChI=1S/C34H42BFN2O5Si/c1-23(22-41-44(32(2,3)4,24-16-12-10-13-17-24)25-18-14-11-15-19-25)38-30(31(39)40-9)26-20-27(28(36)21-29(26)37-38)35-42-33(5,6)34(7,8)43-35/h10-21,23H,22H2,1-9H3/t23-/m0/s1. The van der Waals surface area contributed by atoms with Gasteiger partial charge in [0.15, 0.2) is 5.69 Å². The molecule has 0 aliphatic carbocycles. The van der Waals surface area contributed by atoms with Gasteiger partial charge in [-0.25, -0.2) is 9.18 Å². The number of nitrogens with zero attached hydrogens (tertiary/aromatic N) is 2. The van der Waals surface area contributed by atoms with E-state index in [1.54, 1.807) is 10.7 Å². The van der Waals surface area contributed by atoms with E-state index in [1.807, 2.05) is 71.0 Å². The number of esters is 1. The van der Waals surface area contributed by atoms with Crippen LogP contribution in [-0.2, 0) is 18.5 Å². The number of rotatable bonds is 8. The monoisotopic (exact) mass is 616 g/mol. The number of hydrogen-bond acceptors (Lipinski definition) is 6. The maximum Gasteiger partial charge on any atom is 0.497 e. The molecule has 44 heavy (non-hydrogen) atoms. The van der Waals surface area contributed by atoms with Crippen molar-refractivity contribution in [2.45, 2.75) is 77.7 Å². The van der Waals surface area contributed by atoms with Gasteiger partial charge < -0.3 is 18.5 Å². The van der Waals surface area contributed by atoms with E-state index in [0.717, 1.165) is 10.4 Å². The molecule has 0 spiro atoms. The van der Waals surface area contributed by atoms with Crippen LogP contribution in [-0.4, -0.2) is 56.1 Å². The third kappa shape index (κ3) is 5.42. The van der Waals surface area contributed by atoms with Crippen LogP contribution in [0.5, 0.6) is 0 Å². The number of benzene rings is 3. The molecule has 4 aromatic rings. The Morgan fingerprint density at radius 1 is 0.977 bits per heavy atom. The van der Waals surface area contributed by atoms with Crippen molar-refractivity contribution in [2.24, 2.45) is 0 Å². The predicted octanol–water partition coefficient (Wildman–Crippen LogP) is 5.40. The van der Waals surface area contributed by atoms with Gasteiger partial charge in [-0.2, -0.15) is 5.10 Å². The van der Waals surface area contributed by atoms with Crippen LogP contribution < -0.4 is 15.8 Å². The Balaban J connectivity index is 1.57. The number of ether oxygens (including phenoxy) is 1. The number of carbonyl (C=O) groups excluding carboxylic acids is 1. The molecule has 5 rings (SSSR count). The molecule has 1 aromatic heterocycles. The van der Waals surface area contributed by atoms with Crippen molar-refractivity contribution >= 4 is 48.1 Å². The van der Waals surface area contributed by atoms with Crippen molar-refractivity contribution in [3.05, 3.63) is 84.3 Å². The van der Waals surface area contributed by atoms with E-state index in [4.69, 9.17) is 23.6 Å². The quantitative estimate of drug-likeness (QED) is 0.195. The third-order valence-corrected chi connectivity index (χ3v) is 14.1. The van der Waals surface area contributed by atoms with Crippen LogP contribution in [0, 0.1) is 5.82 Å². The predicted molar refractivity (Wildman–Crippen MR) is 175 cm³/mol. The second-order valence-electron chi connectivity index (χ2n) is 13.6. The van der Waals surface area contributed by atoms with Crippen LogP contribution in [0.2, 0.25) is 5.04 Å². The zero-order chi connectivity index (χ0) is 32.1. The molecule has 1 aliphatic heterocycles. The van der Waals surface area contributed by atoms with Crippen LogP contribution in [0.1, 0.15) is 71.9 Å². The van der Waals surface area contributed by atoms with Gasteiger partial charge in [-0.15, -0.1) is 0 Å². The first-order chi connectivity index (χ1) is 20.6. The molecule has 0 unspecified atom stereocenters. The topological polar surface area (TPSA) is 71.8 Å². The summed E-state index contributed by atoms with van der Waals surface area (Å²) in [6.07, 6.45) is 0. The van der Waals surface area contributed by atoms with Gasteiger partial charge in [0.2, 0.25) is 0 Å². The minimum absolute atomic E-state index is 0.206. The highest BCUT2D eigenvalue weighted by Crippen LogP contribution is 2.38. The lowest BCUT2D eigenvalue weighted by Gasteiger charge is -2.43. The summed E-state index contributed by atoms with van der Waals surface area (Å²) in [7, 11) is -2.46. The molecule has 0 amide bonds. The van der Waals surface area contributed by atoms with Crippen LogP contribution in [0.25, 0.3) is 10.9 Å². The largest absolute Gasteiger partial charge is 0.497 e. The van der Waals surface area contributed by atoms with E-state index in [2.05, 4.69) is 45.0 Å². The van der Waals surface area contributed by atoms with Crippen LogP contribution in [0.15, 0.2) is 72.8 Å². The molecule has 0 radical (unpaired) electrons. The molecular weight excluding hydrogens is 574 g/mol. The van der Waals surface area contributed by atoms with E-state index in [0.29, 0.717) is 10.9 Å². The average Bonchev–Trinajstić information content (AvgIpc) is 3.44. The molecule has 7 nitrogen and oxygen atoms in total. The first-order valence-electron chi connectivity index (χ1n) is 15.0. The van der Waals surface area contributed by atoms with Gasteiger partial charge >= 0.3 is 13.1 Å². The number of methoxy groups -OCH3 is 1. The third-order valence-electron chi connectivity index (χ3n) is 9.08. The minimum atomic E-state index is -2.85. The van der Waals surface area contributed by atoms with Crippen LogP contribution in [0.3, 0.4) is 0 Å². The second-order valence-corrected chi connectivity index (χ2v) is 17.9. The number of fused-ring (bicyclic) bond motifs is 1. The fraction of sp³-hybridized carbons (Fsp3) is 0.412. The van der Waals surface area contributed by atoms with Crippen molar-refractivity contribution in [3.8, 4) is 0 Å². The van der Waals surface area contributed by atoms with Crippen molar-refractivity contribution in [1.82, 2.24) is 9.78 Å². The molecule has 0 saturated carbocycles. The van der Waals surface area contributed by atoms with Gasteiger partial charge in [-0.3, -0.25) is 4.68 Å². The van der Waals surface area contributed by atoms with Gasteiger partial charge in [0.05, 0.1) is 36.5 Å². The number of carbonyl (C=O) groups is 1. The van der Waals surface area contributed by atoms with Gasteiger partial charge in [0, 0.05) is 16.9 Å². The van der Waals surface area contributed by atoms with Gasteiger partial charge in [0.1, 0.15) is 5.82 Å². The van der Waals surface area contributed by atoms with Crippen LogP contribution >= 0.6 is 0 Å². The first-order valence-corrected chi connectivity index (χ1v) is 16.9. The maximum atomic E-state index is 15.6. The van der Waals surface area contributed by atoms with Crippen molar-refractivity contribution in [2.75, 3.05) is 13.7 Å². The summed E-state index contributed by atoms with van der Waals surface area (Å²) >= 11 is 0. The Bertz CT molecular complexity index is 1600. The zero-order valence-corrected chi connectivity index (χ0v) is 28.1. The number of halogens is 1. The van der Waals surface area contributed by atoms with Crippen molar-refractivity contribution in [1.29, 1.82) is 0 Å². The molecule has 1 atom stereocenters. The lowest BCUT2D eigenvalue weighted by Crippen LogP contribution is -2.66. The van der Waals surface area contributed by atoms with Gasteiger partial charge in [0.25, 0.3) is 8.32 Å². The van der Waals surface area contributed by atoms with E-state index in [9.17, 15) is 4.79 Å².